The smallest absolute Gasteiger partial charge is 0.433 e. The summed E-state index contributed by atoms with van der Waals surface area (Å²) < 4.78 is 43.0. The van der Waals surface area contributed by atoms with E-state index in [1.165, 1.54) is 6.92 Å². The third-order valence-corrected chi connectivity index (χ3v) is 2.76. The van der Waals surface area contributed by atoms with Crippen LogP contribution in [0.5, 0.6) is 5.75 Å². The van der Waals surface area contributed by atoms with Crippen LogP contribution < -0.4 is 10.1 Å². The Morgan fingerprint density at radius 2 is 1.81 bits per heavy atom. The highest BCUT2D eigenvalue weighted by molar-refractivity contribution is 5.38. The molecule has 2 rings (SSSR count). The molecule has 4 nitrogen and oxygen atoms in total. The average Bonchev–Trinajstić information content (AvgIpc) is 2.44. The van der Waals surface area contributed by atoms with Crippen LogP contribution in [0.2, 0.25) is 0 Å². The predicted octanol–water partition coefficient (Wildman–Crippen LogP) is 3.42. The van der Waals surface area contributed by atoms with E-state index in [1.54, 1.807) is 19.2 Å². The normalized spacial score (nSPS) is 11.3. The van der Waals surface area contributed by atoms with Crippen molar-refractivity contribution >= 4 is 5.82 Å². The molecule has 0 aliphatic heterocycles. The van der Waals surface area contributed by atoms with E-state index in [0.29, 0.717) is 6.54 Å². The molecule has 1 aromatic heterocycles. The van der Waals surface area contributed by atoms with Crippen molar-refractivity contribution in [1.29, 1.82) is 0 Å². The van der Waals surface area contributed by atoms with Crippen LogP contribution in [0.25, 0.3) is 0 Å². The molecule has 1 heterocycles. The van der Waals surface area contributed by atoms with Gasteiger partial charge in [0.1, 0.15) is 23.1 Å². The van der Waals surface area contributed by atoms with Crippen LogP contribution in [0.4, 0.5) is 19.0 Å². The largest absolute Gasteiger partial charge is 0.497 e. The Hall–Kier alpha value is -2.31. The maximum atomic E-state index is 12.7. The Balaban J connectivity index is 2.10. The molecule has 0 amide bonds. The van der Waals surface area contributed by atoms with Gasteiger partial charge in [-0.1, -0.05) is 12.1 Å². The molecular weight excluding hydrogens is 283 g/mol. The van der Waals surface area contributed by atoms with Crippen LogP contribution in [0.3, 0.4) is 0 Å². The van der Waals surface area contributed by atoms with Crippen molar-refractivity contribution in [2.24, 2.45) is 0 Å². The molecule has 7 heteroatoms. The van der Waals surface area contributed by atoms with Gasteiger partial charge in [0, 0.05) is 12.6 Å². The number of hydrogen-bond acceptors (Lipinski definition) is 4. The van der Waals surface area contributed by atoms with Crippen LogP contribution in [-0.2, 0) is 12.7 Å². The molecule has 112 valence electrons. The van der Waals surface area contributed by atoms with Gasteiger partial charge >= 0.3 is 6.18 Å². The van der Waals surface area contributed by atoms with Crippen molar-refractivity contribution in [3.63, 3.8) is 0 Å². The number of rotatable bonds is 4. The fraction of sp³-hybridized carbons (Fsp3) is 0.286. The number of halogens is 3. The fourth-order valence-corrected chi connectivity index (χ4v) is 1.74. The standard InChI is InChI=1S/C14H14F3N3O/c1-9-19-12(14(15,16)17)7-13(20-9)18-8-10-3-5-11(21-2)6-4-10/h3-7H,8H2,1-2H3,(H,18,19,20). The van der Waals surface area contributed by atoms with Crippen molar-refractivity contribution in [2.45, 2.75) is 19.6 Å². The van der Waals surface area contributed by atoms with E-state index in [0.717, 1.165) is 17.4 Å². The van der Waals surface area contributed by atoms with Gasteiger partial charge in [-0.2, -0.15) is 13.2 Å². The van der Waals surface area contributed by atoms with E-state index in [1.807, 2.05) is 12.1 Å². The minimum absolute atomic E-state index is 0.0713. The van der Waals surface area contributed by atoms with Crippen LogP contribution in [0, 0.1) is 6.92 Å². The van der Waals surface area contributed by atoms with E-state index in [4.69, 9.17) is 4.74 Å². The minimum atomic E-state index is -4.48. The average molecular weight is 297 g/mol. The summed E-state index contributed by atoms with van der Waals surface area (Å²) in [6.07, 6.45) is -4.48. The monoisotopic (exact) mass is 297 g/mol. The van der Waals surface area contributed by atoms with Crippen molar-refractivity contribution < 1.29 is 17.9 Å². The molecule has 0 aliphatic rings. The Bertz CT molecular complexity index is 612. The second-order valence-electron chi connectivity index (χ2n) is 4.39. The zero-order valence-electron chi connectivity index (χ0n) is 11.5. The van der Waals surface area contributed by atoms with Gasteiger partial charge in [-0.25, -0.2) is 9.97 Å². The summed E-state index contributed by atoms with van der Waals surface area (Å²) in [7, 11) is 1.57. The Kier molecular flexibility index (Phi) is 4.30. The number of nitrogens with one attached hydrogen (secondary N) is 1. The van der Waals surface area contributed by atoms with Gasteiger partial charge in [-0.3, -0.25) is 0 Å². The van der Waals surface area contributed by atoms with E-state index in [2.05, 4.69) is 15.3 Å². The van der Waals surface area contributed by atoms with E-state index >= 15 is 0 Å². The summed E-state index contributed by atoms with van der Waals surface area (Å²) in [5, 5.41) is 2.86. The van der Waals surface area contributed by atoms with Crippen LogP contribution >= 0.6 is 0 Å². The van der Waals surface area contributed by atoms with Crippen LogP contribution in [0.1, 0.15) is 17.1 Å². The number of anilines is 1. The lowest BCUT2D eigenvalue weighted by Gasteiger charge is -2.10. The van der Waals surface area contributed by atoms with E-state index < -0.39 is 11.9 Å². The highest BCUT2D eigenvalue weighted by Gasteiger charge is 2.33. The Morgan fingerprint density at radius 1 is 1.14 bits per heavy atom. The molecule has 0 atom stereocenters. The molecule has 0 saturated heterocycles. The SMILES string of the molecule is COc1ccc(CNc2cc(C(F)(F)F)nc(C)n2)cc1. The van der Waals surface area contributed by atoms with Crippen molar-refractivity contribution in [1.82, 2.24) is 9.97 Å². The number of ether oxygens (including phenoxy) is 1. The molecule has 0 fully saturated rings. The summed E-state index contributed by atoms with van der Waals surface area (Å²) in [4.78, 5) is 7.34. The summed E-state index contributed by atoms with van der Waals surface area (Å²) in [6.45, 7) is 1.78. The second-order valence-corrected chi connectivity index (χ2v) is 4.39. The quantitative estimate of drug-likeness (QED) is 0.939. The summed E-state index contributed by atoms with van der Waals surface area (Å²) in [5.74, 6) is 0.934. The summed E-state index contributed by atoms with van der Waals surface area (Å²) >= 11 is 0. The van der Waals surface area contributed by atoms with Crippen molar-refractivity contribution in [2.75, 3.05) is 12.4 Å². The third kappa shape index (κ3) is 4.08. The fourth-order valence-electron chi connectivity index (χ4n) is 1.74. The molecule has 0 bridgehead atoms. The zero-order valence-corrected chi connectivity index (χ0v) is 11.5. The number of alkyl halides is 3. The maximum Gasteiger partial charge on any atom is 0.433 e. The highest BCUT2D eigenvalue weighted by atomic mass is 19.4. The molecule has 1 N–H and O–H groups in total. The number of aryl methyl sites for hydroxylation is 1. The maximum absolute atomic E-state index is 12.7. The molecule has 1 aromatic carbocycles. The lowest BCUT2D eigenvalue weighted by Crippen LogP contribution is -2.12. The van der Waals surface area contributed by atoms with Gasteiger partial charge in [-0.15, -0.1) is 0 Å². The first kappa shape index (κ1) is 15.1. The summed E-state index contributed by atoms with van der Waals surface area (Å²) in [6, 6.07) is 8.11. The molecule has 0 spiro atoms. The summed E-state index contributed by atoms with van der Waals surface area (Å²) in [5.41, 5.74) is -0.0483. The Morgan fingerprint density at radius 3 is 2.38 bits per heavy atom. The van der Waals surface area contributed by atoms with Gasteiger partial charge < -0.3 is 10.1 Å². The number of nitrogens with zero attached hydrogens (tertiary/aromatic N) is 2. The lowest BCUT2D eigenvalue weighted by molar-refractivity contribution is -0.141. The predicted molar refractivity (Wildman–Crippen MR) is 72.1 cm³/mol. The number of aromatic nitrogens is 2. The second kappa shape index (κ2) is 5.99. The lowest BCUT2D eigenvalue weighted by atomic mass is 10.2. The molecule has 0 aliphatic carbocycles. The molecule has 2 aromatic rings. The van der Waals surface area contributed by atoms with Crippen LogP contribution in [-0.4, -0.2) is 17.1 Å². The van der Waals surface area contributed by atoms with Gasteiger partial charge in [0.25, 0.3) is 0 Å². The number of benzene rings is 1. The van der Waals surface area contributed by atoms with Crippen LogP contribution in [0.15, 0.2) is 30.3 Å². The van der Waals surface area contributed by atoms with Crippen molar-refractivity contribution in [3.05, 3.63) is 47.4 Å². The van der Waals surface area contributed by atoms with E-state index in [-0.39, 0.29) is 11.6 Å². The number of hydrogen-bond donors (Lipinski definition) is 1. The van der Waals surface area contributed by atoms with Gasteiger partial charge in [0.2, 0.25) is 0 Å². The third-order valence-electron chi connectivity index (χ3n) is 2.76. The molecule has 21 heavy (non-hydrogen) atoms. The zero-order chi connectivity index (χ0) is 15.5. The topological polar surface area (TPSA) is 47.0 Å². The Labute approximate surface area is 120 Å². The first-order valence-corrected chi connectivity index (χ1v) is 6.18. The van der Waals surface area contributed by atoms with Crippen molar-refractivity contribution in [3.8, 4) is 5.75 Å². The number of methoxy groups -OCH3 is 1. The van der Waals surface area contributed by atoms with Gasteiger partial charge in [-0.05, 0) is 24.6 Å². The first-order valence-electron chi connectivity index (χ1n) is 6.18. The molecular formula is C14H14F3N3O. The minimum Gasteiger partial charge on any atom is -0.497 e. The van der Waals surface area contributed by atoms with E-state index in [9.17, 15) is 13.2 Å². The van der Waals surface area contributed by atoms with Gasteiger partial charge in [0.05, 0.1) is 7.11 Å². The molecule has 0 radical (unpaired) electrons. The highest BCUT2D eigenvalue weighted by Crippen LogP contribution is 2.28. The first-order chi connectivity index (χ1) is 9.88. The molecule has 0 saturated carbocycles. The van der Waals surface area contributed by atoms with Gasteiger partial charge in [0.15, 0.2) is 0 Å². The molecule has 0 unspecified atom stereocenters.